The van der Waals surface area contributed by atoms with Gasteiger partial charge in [-0.2, -0.15) is 4.57 Å². The third kappa shape index (κ3) is 5.03. The van der Waals surface area contributed by atoms with Gasteiger partial charge >= 0.3 is 5.56 Å². The van der Waals surface area contributed by atoms with Crippen LogP contribution in [0.25, 0.3) is 16.6 Å². The number of fused-ring (bicyclic) bond motifs is 1. The SMILES string of the molecule is CC[n+]1c(C)n(-c2ccc(OC)cc2)c(=O)c2ccccc21.[O-][Cl+3]([O-])([O-])[O-]. The maximum atomic E-state index is 12.9. The molecule has 0 saturated heterocycles. The van der Waals surface area contributed by atoms with Gasteiger partial charge in [0.1, 0.15) is 22.3 Å². The minimum atomic E-state index is -4.94. The molecule has 1 aromatic heterocycles. The first kappa shape index (κ1) is 20.8. The van der Waals surface area contributed by atoms with Crippen molar-refractivity contribution in [1.29, 1.82) is 0 Å². The maximum absolute atomic E-state index is 12.9. The third-order valence-electron chi connectivity index (χ3n) is 3.99. The van der Waals surface area contributed by atoms with Crippen LogP contribution < -0.4 is 33.5 Å². The lowest BCUT2D eigenvalue weighted by atomic mass is 10.2. The van der Waals surface area contributed by atoms with Crippen LogP contribution in [0.15, 0.2) is 53.3 Å². The van der Waals surface area contributed by atoms with E-state index in [4.69, 9.17) is 23.4 Å². The molecule has 8 nitrogen and oxygen atoms in total. The Morgan fingerprint density at radius 1 is 1.04 bits per heavy atom. The monoisotopic (exact) mass is 394 g/mol. The molecule has 0 N–H and O–H groups in total. The van der Waals surface area contributed by atoms with Crippen LogP contribution in [0.2, 0.25) is 0 Å². The molecule has 144 valence electrons. The molecule has 0 bridgehead atoms. The lowest BCUT2D eigenvalue weighted by Gasteiger charge is -2.17. The van der Waals surface area contributed by atoms with E-state index >= 15 is 0 Å². The number of benzene rings is 2. The Kier molecular flexibility index (Phi) is 6.53. The molecule has 2 aromatic carbocycles. The van der Waals surface area contributed by atoms with Crippen LogP contribution in [-0.4, -0.2) is 11.7 Å². The molecule has 0 amide bonds. The van der Waals surface area contributed by atoms with Crippen molar-refractivity contribution in [3.05, 3.63) is 64.7 Å². The summed E-state index contributed by atoms with van der Waals surface area (Å²) in [5, 5.41) is 0.728. The highest BCUT2D eigenvalue weighted by atomic mass is 35.7. The van der Waals surface area contributed by atoms with E-state index in [1.807, 2.05) is 55.5 Å². The second kappa shape index (κ2) is 8.47. The summed E-state index contributed by atoms with van der Waals surface area (Å²) in [6, 6.07) is 15.3. The molecule has 3 rings (SSSR count). The molecule has 0 aliphatic rings. The quantitative estimate of drug-likeness (QED) is 0.466. The fourth-order valence-electron chi connectivity index (χ4n) is 2.89. The summed E-state index contributed by atoms with van der Waals surface area (Å²) < 4.78 is 43.1. The number of hydrogen-bond acceptors (Lipinski definition) is 6. The molecule has 0 radical (unpaired) electrons. The smallest absolute Gasteiger partial charge is 0.350 e. The maximum Gasteiger partial charge on any atom is 0.350 e. The zero-order valence-electron chi connectivity index (χ0n) is 15.0. The van der Waals surface area contributed by atoms with Crippen molar-refractivity contribution in [1.82, 2.24) is 4.57 Å². The number of nitrogens with zero attached hydrogens (tertiary/aromatic N) is 2. The highest BCUT2D eigenvalue weighted by molar-refractivity contribution is 5.74. The predicted octanol–water partition coefficient (Wildman–Crippen LogP) is -2.14. The molecule has 9 heteroatoms. The number of hydrogen-bond donors (Lipinski definition) is 0. The number of ether oxygens (including phenoxy) is 1. The van der Waals surface area contributed by atoms with Crippen LogP contribution in [0.5, 0.6) is 5.75 Å². The highest BCUT2D eigenvalue weighted by Gasteiger charge is 2.20. The van der Waals surface area contributed by atoms with Crippen LogP contribution in [-0.2, 0) is 6.54 Å². The van der Waals surface area contributed by atoms with Gasteiger partial charge in [0.05, 0.1) is 13.7 Å². The van der Waals surface area contributed by atoms with Gasteiger partial charge < -0.3 is 4.74 Å². The molecule has 1 heterocycles. The van der Waals surface area contributed by atoms with Crippen molar-refractivity contribution in [3.8, 4) is 11.4 Å². The van der Waals surface area contributed by atoms with E-state index in [1.54, 1.807) is 11.7 Å². The number of rotatable bonds is 3. The number of para-hydroxylation sites is 1. The minimum Gasteiger partial charge on any atom is -0.497 e. The number of aryl methyl sites for hydroxylation is 1. The lowest BCUT2D eigenvalue weighted by Crippen LogP contribution is -2.68. The van der Waals surface area contributed by atoms with Crippen LogP contribution in [0, 0.1) is 17.2 Å². The molecular formula is C18H19ClN2O6. The molecule has 3 aromatic rings. The average Bonchev–Trinajstić information content (AvgIpc) is 2.61. The van der Waals surface area contributed by atoms with Gasteiger partial charge in [-0.15, -0.1) is 10.2 Å². The molecule has 0 spiro atoms. The summed E-state index contributed by atoms with van der Waals surface area (Å²) in [6.07, 6.45) is 0. The summed E-state index contributed by atoms with van der Waals surface area (Å²) in [5.74, 6) is 1.69. The predicted molar refractivity (Wildman–Crippen MR) is 86.7 cm³/mol. The van der Waals surface area contributed by atoms with Gasteiger partial charge in [-0.05, 0) is 43.3 Å². The topological polar surface area (TPSA) is 127 Å². The van der Waals surface area contributed by atoms with E-state index in [1.165, 1.54) is 0 Å². The zero-order chi connectivity index (χ0) is 20.2. The molecular weight excluding hydrogens is 376 g/mol. The molecule has 0 atom stereocenters. The zero-order valence-corrected chi connectivity index (χ0v) is 15.8. The van der Waals surface area contributed by atoms with Gasteiger partial charge in [0.15, 0.2) is 0 Å². The number of methoxy groups -OCH3 is 1. The van der Waals surface area contributed by atoms with Gasteiger partial charge in [0, 0.05) is 6.92 Å². The van der Waals surface area contributed by atoms with Crippen LogP contribution >= 0.6 is 0 Å². The third-order valence-corrected chi connectivity index (χ3v) is 3.99. The Bertz CT molecular complexity index is 974. The van der Waals surface area contributed by atoms with E-state index in [0.717, 1.165) is 34.7 Å². The van der Waals surface area contributed by atoms with Crippen molar-refractivity contribution in [3.63, 3.8) is 0 Å². The first-order valence-electron chi connectivity index (χ1n) is 7.97. The summed E-state index contributed by atoms with van der Waals surface area (Å²) in [7, 11) is -3.31. The Hall–Kier alpha value is -2.49. The molecule has 0 aliphatic heterocycles. The second-order valence-corrected chi connectivity index (χ2v) is 6.28. The second-order valence-electron chi connectivity index (χ2n) is 5.53. The summed E-state index contributed by atoms with van der Waals surface area (Å²) in [6.45, 7) is 4.87. The first-order chi connectivity index (χ1) is 12.7. The van der Waals surface area contributed by atoms with Gasteiger partial charge in [-0.1, -0.05) is 12.1 Å². The van der Waals surface area contributed by atoms with Crippen LogP contribution in [0.4, 0.5) is 0 Å². The standard InChI is InChI=1S/C18H19N2O2.ClHO4/c1-4-19-13(2)20(14-9-11-15(22-3)12-10-14)18(21)16-7-5-6-8-17(16)19;2-1(3,4)5/h5-12H,4H2,1-3H3;(H,2,3,4,5)/q+1;/p-1. The van der Waals surface area contributed by atoms with Crippen molar-refractivity contribution in [2.45, 2.75) is 20.4 Å². The van der Waals surface area contributed by atoms with Gasteiger partial charge in [0.25, 0.3) is 5.82 Å². The fraction of sp³-hybridized carbons (Fsp3) is 0.222. The van der Waals surface area contributed by atoms with Crippen molar-refractivity contribution in [2.24, 2.45) is 0 Å². The Labute approximate surface area is 157 Å². The van der Waals surface area contributed by atoms with Crippen molar-refractivity contribution >= 4 is 10.9 Å². The summed E-state index contributed by atoms with van der Waals surface area (Å²) >= 11 is 0. The lowest BCUT2D eigenvalue weighted by molar-refractivity contribution is -2.00. The Morgan fingerprint density at radius 2 is 1.59 bits per heavy atom. The molecule has 0 fully saturated rings. The van der Waals surface area contributed by atoms with E-state index in [2.05, 4.69) is 11.5 Å². The Balaban J connectivity index is 0.000000465. The summed E-state index contributed by atoms with van der Waals surface area (Å²) in [5.41, 5.74) is 1.82. The normalized spacial score (nSPS) is 11.1. The Morgan fingerprint density at radius 3 is 2.11 bits per heavy atom. The van der Waals surface area contributed by atoms with Gasteiger partial charge in [0.2, 0.25) is 0 Å². The molecule has 27 heavy (non-hydrogen) atoms. The van der Waals surface area contributed by atoms with E-state index in [-0.39, 0.29) is 5.56 Å². The molecule has 0 unspecified atom stereocenters. The number of halogens is 1. The minimum absolute atomic E-state index is 0.00275. The van der Waals surface area contributed by atoms with Crippen LogP contribution in [0.3, 0.4) is 0 Å². The van der Waals surface area contributed by atoms with E-state index in [0.29, 0.717) is 0 Å². The van der Waals surface area contributed by atoms with Crippen molar-refractivity contribution < 1.29 is 38.2 Å². The van der Waals surface area contributed by atoms with Crippen LogP contribution in [0.1, 0.15) is 12.7 Å². The highest BCUT2D eigenvalue weighted by Crippen LogP contribution is 2.15. The average molecular weight is 395 g/mol. The first-order valence-corrected chi connectivity index (χ1v) is 9.21. The molecule has 0 aliphatic carbocycles. The summed E-state index contributed by atoms with van der Waals surface area (Å²) in [4.78, 5) is 12.9. The van der Waals surface area contributed by atoms with Gasteiger partial charge in [-0.3, -0.25) is 0 Å². The van der Waals surface area contributed by atoms with Gasteiger partial charge in [-0.25, -0.2) is 28.0 Å². The molecule has 0 saturated carbocycles. The fourth-order valence-corrected chi connectivity index (χ4v) is 2.89. The van der Waals surface area contributed by atoms with E-state index in [9.17, 15) is 4.79 Å². The number of aromatic nitrogens is 2. The van der Waals surface area contributed by atoms with Crippen molar-refractivity contribution in [2.75, 3.05) is 7.11 Å². The van der Waals surface area contributed by atoms with E-state index < -0.39 is 10.2 Å². The largest absolute Gasteiger partial charge is 0.497 e.